The highest BCUT2D eigenvalue weighted by atomic mass is 32.1. The highest BCUT2D eigenvalue weighted by Gasteiger charge is 2.68. The van der Waals surface area contributed by atoms with Crippen LogP contribution in [0.1, 0.15) is 25.1 Å². The van der Waals surface area contributed by atoms with Gasteiger partial charge in [0.25, 0.3) is 0 Å². The summed E-state index contributed by atoms with van der Waals surface area (Å²) in [4.78, 5) is 17.1. The summed E-state index contributed by atoms with van der Waals surface area (Å²) in [5.74, 6) is 0.466. The Kier molecular flexibility index (Phi) is 3.09. The van der Waals surface area contributed by atoms with Crippen LogP contribution >= 0.6 is 12.6 Å². The Bertz CT molecular complexity index is 799. The molecule has 6 heteroatoms. The average molecular weight is 330 g/mol. The molecule has 3 atom stereocenters. The van der Waals surface area contributed by atoms with Crippen LogP contribution < -0.4 is 10.6 Å². The number of pyridine rings is 1. The van der Waals surface area contributed by atoms with E-state index in [1.54, 1.807) is 6.20 Å². The topological polar surface area (TPSA) is 58.4 Å². The molecule has 4 rings (SSSR count). The number of carbonyl (C=O) groups is 1. The number of nitrogens with zero attached hydrogens (tertiary/aromatic N) is 2. The first-order valence-electron chi connectivity index (χ1n) is 8.03. The lowest BCUT2D eigenvalue weighted by molar-refractivity contribution is -0.124. The Labute approximate surface area is 141 Å². The Morgan fingerprint density at radius 2 is 2.30 bits per heavy atom. The first-order valence-corrected chi connectivity index (χ1v) is 8.47. The molecule has 2 aromatic heterocycles. The van der Waals surface area contributed by atoms with Crippen LogP contribution in [0.25, 0.3) is 5.65 Å². The minimum atomic E-state index is -0.474. The van der Waals surface area contributed by atoms with Crippen molar-refractivity contribution in [3.05, 3.63) is 35.8 Å². The van der Waals surface area contributed by atoms with E-state index in [4.69, 9.17) is 12.6 Å². The van der Waals surface area contributed by atoms with Gasteiger partial charge >= 0.3 is 0 Å². The van der Waals surface area contributed by atoms with Gasteiger partial charge in [-0.15, -0.1) is 0 Å². The van der Waals surface area contributed by atoms with Gasteiger partial charge in [0, 0.05) is 41.8 Å². The van der Waals surface area contributed by atoms with Crippen molar-refractivity contribution in [2.45, 2.75) is 31.1 Å². The first kappa shape index (κ1) is 15.0. The van der Waals surface area contributed by atoms with Crippen LogP contribution in [0.2, 0.25) is 0 Å². The fourth-order valence-corrected chi connectivity index (χ4v) is 4.56. The minimum Gasteiger partial charge on any atom is -0.345 e. The van der Waals surface area contributed by atoms with Crippen molar-refractivity contribution in [3.8, 4) is 0 Å². The van der Waals surface area contributed by atoms with Crippen LogP contribution in [0.5, 0.6) is 0 Å². The summed E-state index contributed by atoms with van der Waals surface area (Å²) >= 11 is 4.72. The number of rotatable bonds is 3. The zero-order chi connectivity index (χ0) is 16.4. The lowest BCUT2D eigenvalue weighted by atomic mass is 9.98. The second-order valence-corrected chi connectivity index (χ2v) is 8.18. The molecule has 2 aliphatic rings. The molecule has 1 saturated heterocycles. The van der Waals surface area contributed by atoms with Crippen molar-refractivity contribution >= 4 is 24.2 Å². The maximum absolute atomic E-state index is 12.7. The molecule has 3 unspecified atom stereocenters. The van der Waals surface area contributed by atoms with E-state index < -0.39 is 5.54 Å². The van der Waals surface area contributed by atoms with E-state index in [1.807, 2.05) is 27.0 Å². The van der Waals surface area contributed by atoms with Gasteiger partial charge in [0.1, 0.15) is 5.65 Å². The molecule has 23 heavy (non-hydrogen) atoms. The Morgan fingerprint density at radius 1 is 1.52 bits per heavy atom. The number of thiol groups is 1. The van der Waals surface area contributed by atoms with Crippen molar-refractivity contribution in [1.29, 1.82) is 0 Å². The van der Waals surface area contributed by atoms with Gasteiger partial charge in [-0.05, 0) is 32.4 Å². The third-order valence-electron chi connectivity index (χ3n) is 5.35. The Hall–Kier alpha value is -1.53. The largest absolute Gasteiger partial charge is 0.345 e. The summed E-state index contributed by atoms with van der Waals surface area (Å²) in [6.45, 7) is 7.82. The van der Waals surface area contributed by atoms with E-state index in [0.29, 0.717) is 5.92 Å². The average Bonchev–Trinajstić information content (AvgIpc) is 2.87. The van der Waals surface area contributed by atoms with Crippen molar-refractivity contribution < 1.29 is 4.79 Å². The van der Waals surface area contributed by atoms with Crippen LogP contribution in [0, 0.1) is 18.8 Å². The van der Waals surface area contributed by atoms with Crippen molar-refractivity contribution in [2.24, 2.45) is 11.8 Å². The van der Waals surface area contributed by atoms with E-state index in [1.165, 1.54) is 0 Å². The number of carbonyl (C=O) groups excluding carboxylic acids is 1. The molecule has 1 aliphatic heterocycles. The van der Waals surface area contributed by atoms with Gasteiger partial charge in [0.2, 0.25) is 5.91 Å². The predicted molar refractivity (Wildman–Crippen MR) is 92.7 cm³/mol. The zero-order valence-electron chi connectivity index (χ0n) is 13.6. The molecule has 3 heterocycles. The monoisotopic (exact) mass is 330 g/mol. The molecule has 2 aromatic rings. The number of aryl methyl sites for hydroxylation is 1. The number of imidazole rings is 1. The molecule has 5 nitrogen and oxygen atoms in total. The smallest absolute Gasteiger partial charge is 0.225 e. The quantitative estimate of drug-likeness (QED) is 0.748. The molecule has 2 fully saturated rings. The molecule has 2 N–H and O–H groups in total. The van der Waals surface area contributed by atoms with Crippen LogP contribution in [0.15, 0.2) is 24.5 Å². The molecular formula is C17H22N4OS. The fourth-order valence-electron chi connectivity index (χ4n) is 3.98. The lowest BCUT2D eigenvalue weighted by Gasteiger charge is -2.28. The maximum Gasteiger partial charge on any atom is 0.225 e. The predicted octanol–water partition coefficient (Wildman–Crippen LogP) is 1.51. The highest BCUT2D eigenvalue weighted by molar-refractivity contribution is 7.82. The molecule has 0 radical (unpaired) electrons. The second kappa shape index (κ2) is 4.74. The van der Waals surface area contributed by atoms with Gasteiger partial charge in [-0.3, -0.25) is 4.79 Å². The normalized spacial score (nSPS) is 29.6. The number of aromatic nitrogens is 2. The number of hydrogen-bond acceptors (Lipinski definition) is 4. The van der Waals surface area contributed by atoms with Crippen LogP contribution in [0.4, 0.5) is 0 Å². The highest BCUT2D eigenvalue weighted by Crippen LogP contribution is 2.57. The van der Waals surface area contributed by atoms with Crippen molar-refractivity contribution in [3.63, 3.8) is 0 Å². The van der Waals surface area contributed by atoms with Crippen molar-refractivity contribution in [2.75, 3.05) is 13.1 Å². The molecule has 122 valence electrons. The number of hydrogen-bond donors (Lipinski definition) is 3. The number of fused-ring (bicyclic) bond motifs is 2. The fraction of sp³-hybridized carbons (Fsp3) is 0.529. The summed E-state index contributed by atoms with van der Waals surface area (Å²) < 4.78 is 1.90. The SMILES string of the molecule is Cc1ccc(C(C)(C)NC(=O)C2C3CNCC32S)n2ccnc12. The van der Waals surface area contributed by atoms with Crippen molar-refractivity contribution in [1.82, 2.24) is 20.0 Å². The van der Waals surface area contributed by atoms with E-state index in [9.17, 15) is 4.79 Å². The van der Waals surface area contributed by atoms with Gasteiger partial charge < -0.3 is 15.0 Å². The summed E-state index contributed by atoms with van der Waals surface area (Å²) in [5.41, 5.74) is 2.61. The van der Waals surface area contributed by atoms with Gasteiger partial charge in [-0.1, -0.05) is 6.07 Å². The Morgan fingerprint density at radius 3 is 3.00 bits per heavy atom. The van der Waals surface area contributed by atoms with Gasteiger partial charge in [-0.2, -0.15) is 12.6 Å². The standard InChI is InChI=1S/C17H22N4OS/c1-10-4-5-12(21-7-6-19-14(10)21)16(2,3)20-15(22)13-11-8-18-9-17(11,13)23/h4-7,11,13,18,23H,8-9H2,1-3H3,(H,20,22). The first-order chi connectivity index (χ1) is 10.8. The van der Waals surface area contributed by atoms with Crippen LogP contribution in [-0.4, -0.2) is 33.1 Å². The minimum absolute atomic E-state index is 0.00934. The van der Waals surface area contributed by atoms with E-state index in [-0.39, 0.29) is 16.6 Å². The number of amides is 1. The third kappa shape index (κ3) is 2.11. The second-order valence-electron chi connectivity index (χ2n) is 7.34. The van der Waals surface area contributed by atoms with E-state index >= 15 is 0 Å². The van der Waals surface area contributed by atoms with Crippen LogP contribution in [0.3, 0.4) is 0 Å². The molecule has 1 aliphatic carbocycles. The van der Waals surface area contributed by atoms with Gasteiger partial charge in [-0.25, -0.2) is 4.98 Å². The lowest BCUT2D eigenvalue weighted by Crippen LogP contribution is -2.45. The molecule has 0 bridgehead atoms. The van der Waals surface area contributed by atoms with Gasteiger partial charge in [0.15, 0.2) is 0 Å². The molecule has 0 aromatic carbocycles. The zero-order valence-corrected chi connectivity index (χ0v) is 14.5. The molecule has 0 spiro atoms. The van der Waals surface area contributed by atoms with Gasteiger partial charge in [0.05, 0.1) is 11.5 Å². The molecular weight excluding hydrogens is 308 g/mol. The van der Waals surface area contributed by atoms with E-state index in [2.05, 4.69) is 32.2 Å². The number of nitrogens with one attached hydrogen (secondary N) is 2. The maximum atomic E-state index is 12.7. The van der Waals surface area contributed by atoms with E-state index in [0.717, 1.165) is 30.0 Å². The molecule has 1 saturated carbocycles. The number of piperidine rings is 1. The summed E-state index contributed by atoms with van der Waals surface area (Å²) in [6.07, 6.45) is 3.74. The Balaban J connectivity index is 1.61. The third-order valence-corrected chi connectivity index (χ3v) is 6.12. The summed E-state index contributed by atoms with van der Waals surface area (Å²) in [6, 6.07) is 4.12. The summed E-state index contributed by atoms with van der Waals surface area (Å²) in [5, 5.41) is 6.53. The van der Waals surface area contributed by atoms with Crippen LogP contribution in [-0.2, 0) is 10.3 Å². The molecule has 1 amide bonds. The summed E-state index contributed by atoms with van der Waals surface area (Å²) in [7, 11) is 0.